The molecule has 1 fully saturated rings. The Morgan fingerprint density at radius 1 is 1.11 bits per heavy atom. The van der Waals surface area contributed by atoms with E-state index in [1.165, 1.54) is 30.4 Å². The molecule has 18 heavy (non-hydrogen) atoms. The van der Waals surface area contributed by atoms with E-state index in [2.05, 4.69) is 43.0 Å². The second-order valence-electron chi connectivity index (χ2n) is 5.61. The van der Waals surface area contributed by atoms with E-state index in [1.807, 2.05) is 0 Å². The first-order valence-corrected chi connectivity index (χ1v) is 7.25. The Balaban J connectivity index is 2.12. The molecule has 1 aromatic rings. The van der Waals surface area contributed by atoms with Crippen LogP contribution in [0.3, 0.4) is 0 Å². The van der Waals surface area contributed by atoms with Crippen molar-refractivity contribution in [3.63, 3.8) is 0 Å². The average molecular weight is 246 g/mol. The first kappa shape index (κ1) is 13.6. The fourth-order valence-electron chi connectivity index (χ4n) is 3.09. The van der Waals surface area contributed by atoms with Crippen molar-refractivity contribution in [1.29, 1.82) is 0 Å². The minimum atomic E-state index is 0.708. The summed E-state index contributed by atoms with van der Waals surface area (Å²) in [5.74, 6) is 0. The Bertz CT molecular complexity index is 365. The molecule has 2 atom stereocenters. The molecule has 1 heterocycles. The number of nitrogens with zero attached hydrogens (tertiary/aromatic N) is 1. The molecule has 0 saturated carbocycles. The third-order valence-corrected chi connectivity index (χ3v) is 4.26. The van der Waals surface area contributed by atoms with Crippen molar-refractivity contribution in [2.45, 2.75) is 58.2 Å². The van der Waals surface area contributed by atoms with E-state index >= 15 is 0 Å². The maximum absolute atomic E-state index is 5.70. The zero-order chi connectivity index (χ0) is 13.0. The maximum Gasteiger partial charge on any atom is 0.0242 e. The molecule has 2 heteroatoms. The number of benzene rings is 1. The lowest BCUT2D eigenvalue weighted by Gasteiger charge is -2.39. The average Bonchev–Trinajstić information content (AvgIpc) is 2.36. The predicted octanol–water partition coefficient (Wildman–Crippen LogP) is 2.95. The van der Waals surface area contributed by atoms with E-state index in [0.717, 1.165) is 19.5 Å². The minimum Gasteiger partial charge on any atom is -0.330 e. The van der Waals surface area contributed by atoms with Gasteiger partial charge < -0.3 is 5.73 Å². The van der Waals surface area contributed by atoms with Crippen molar-refractivity contribution < 1.29 is 0 Å². The van der Waals surface area contributed by atoms with Crippen LogP contribution in [-0.4, -0.2) is 23.5 Å². The Morgan fingerprint density at radius 2 is 1.72 bits per heavy atom. The summed E-state index contributed by atoms with van der Waals surface area (Å²) in [4.78, 5) is 2.65. The summed E-state index contributed by atoms with van der Waals surface area (Å²) in [6, 6.07) is 10.2. The normalized spacial score (nSPS) is 25.3. The molecule has 0 unspecified atom stereocenters. The van der Waals surface area contributed by atoms with Crippen LogP contribution in [0, 0.1) is 0 Å². The summed E-state index contributed by atoms with van der Waals surface area (Å²) in [7, 11) is 0. The number of piperidine rings is 1. The molecule has 0 spiro atoms. The van der Waals surface area contributed by atoms with Gasteiger partial charge in [0.1, 0.15) is 0 Å². The van der Waals surface area contributed by atoms with Gasteiger partial charge in [-0.05, 0) is 50.8 Å². The monoisotopic (exact) mass is 246 g/mol. The highest BCUT2D eigenvalue weighted by Gasteiger charge is 2.24. The van der Waals surface area contributed by atoms with Gasteiger partial charge in [-0.2, -0.15) is 0 Å². The zero-order valence-corrected chi connectivity index (χ0v) is 11.7. The van der Waals surface area contributed by atoms with E-state index in [4.69, 9.17) is 5.73 Å². The van der Waals surface area contributed by atoms with Gasteiger partial charge in [-0.15, -0.1) is 0 Å². The van der Waals surface area contributed by atoms with Crippen molar-refractivity contribution >= 4 is 0 Å². The highest BCUT2D eigenvalue weighted by Crippen LogP contribution is 2.25. The SMILES string of the molecule is C[C@@H]1CCC[C@H](C)N1Cc1ccccc1CCN. The lowest BCUT2D eigenvalue weighted by molar-refractivity contribution is 0.0950. The third kappa shape index (κ3) is 3.12. The largest absolute Gasteiger partial charge is 0.330 e. The Hall–Kier alpha value is -0.860. The molecule has 0 radical (unpaired) electrons. The molecule has 2 nitrogen and oxygen atoms in total. The van der Waals surface area contributed by atoms with E-state index in [0.29, 0.717) is 12.1 Å². The summed E-state index contributed by atoms with van der Waals surface area (Å²) < 4.78 is 0. The van der Waals surface area contributed by atoms with Gasteiger partial charge in [0.05, 0.1) is 0 Å². The first-order valence-electron chi connectivity index (χ1n) is 7.25. The topological polar surface area (TPSA) is 29.3 Å². The van der Waals surface area contributed by atoms with E-state index in [9.17, 15) is 0 Å². The quantitative estimate of drug-likeness (QED) is 0.885. The molecule has 100 valence electrons. The summed E-state index contributed by atoms with van der Waals surface area (Å²) in [6.07, 6.45) is 5.04. The van der Waals surface area contributed by atoms with Crippen molar-refractivity contribution in [3.05, 3.63) is 35.4 Å². The van der Waals surface area contributed by atoms with Gasteiger partial charge >= 0.3 is 0 Å². The lowest BCUT2D eigenvalue weighted by Crippen LogP contribution is -2.43. The van der Waals surface area contributed by atoms with Crippen LogP contribution in [0.4, 0.5) is 0 Å². The van der Waals surface area contributed by atoms with Gasteiger partial charge in [0, 0.05) is 18.6 Å². The molecule has 0 aromatic heterocycles. The van der Waals surface area contributed by atoms with Crippen molar-refractivity contribution in [2.24, 2.45) is 5.73 Å². The number of nitrogens with two attached hydrogens (primary N) is 1. The summed E-state index contributed by atoms with van der Waals surface area (Å²) in [5.41, 5.74) is 8.59. The van der Waals surface area contributed by atoms with Crippen LogP contribution < -0.4 is 5.73 Å². The molecule has 1 aliphatic heterocycles. The highest BCUT2D eigenvalue weighted by molar-refractivity contribution is 5.27. The maximum atomic E-state index is 5.70. The van der Waals surface area contributed by atoms with Crippen LogP contribution in [0.15, 0.2) is 24.3 Å². The van der Waals surface area contributed by atoms with Gasteiger partial charge in [0.2, 0.25) is 0 Å². The molecule has 0 aliphatic carbocycles. The fourth-order valence-corrected chi connectivity index (χ4v) is 3.09. The second-order valence-corrected chi connectivity index (χ2v) is 5.61. The Labute approximate surface area is 111 Å². The van der Waals surface area contributed by atoms with Gasteiger partial charge in [-0.3, -0.25) is 4.90 Å². The fraction of sp³-hybridized carbons (Fsp3) is 0.625. The molecule has 1 saturated heterocycles. The minimum absolute atomic E-state index is 0.708. The lowest BCUT2D eigenvalue weighted by atomic mass is 9.95. The molecule has 2 rings (SSSR count). The van der Waals surface area contributed by atoms with E-state index in [-0.39, 0.29) is 0 Å². The van der Waals surface area contributed by atoms with Gasteiger partial charge in [-0.25, -0.2) is 0 Å². The second kappa shape index (κ2) is 6.35. The van der Waals surface area contributed by atoms with Crippen LogP contribution in [0.5, 0.6) is 0 Å². The zero-order valence-electron chi connectivity index (χ0n) is 11.7. The molecule has 1 aliphatic rings. The smallest absolute Gasteiger partial charge is 0.0242 e. The van der Waals surface area contributed by atoms with Gasteiger partial charge in [-0.1, -0.05) is 30.7 Å². The van der Waals surface area contributed by atoms with E-state index < -0.39 is 0 Å². The molecule has 0 amide bonds. The third-order valence-electron chi connectivity index (χ3n) is 4.26. The molecular weight excluding hydrogens is 220 g/mol. The molecule has 1 aromatic carbocycles. The molecule has 0 bridgehead atoms. The Kier molecular flexibility index (Phi) is 4.79. The van der Waals surface area contributed by atoms with Crippen LogP contribution in [0.25, 0.3) is 0 Å². The van der Waals surface area contributed by atoms with Crippen LogP contribution in [0.2, 0.25) is 0 Å². The van der Waals surface area contributed by atoms with Crippen LogP contribution in [0.1, 0.15) is 44.2 Å². The van der Waals surface area contributed by atoms with Gasteiger partial charge in [0.15, 0.2) is 0 Å². The first-order chi connectivity index (χ1) is 8.72. The summed E-state index contributed by atoms with van der Waals surface area (Å²) in [6.45, 7) is 6.54. The summed E-state index contributed by atoms with van der Waals surface area (Å²) >= 11 is 0. The van der Waals surface area contributed by atoms with Crippen molar-refractivity contribution in [1.82, 2.24) is 4.90 Å². The number of rotatable bonds is 4. The number of hydrogen-bond donors (Lipinski definition) is 1. The van der Waals surface area contributed by atoms with E-state index in [1.54, 1.807) is 0 Å². The predicted molar refractivity (Wildman–Crippen MR) is 77.5 cm³/mol. The number of hydrogen-bond acceptors (Lipinski definition) is 2. The highest BCUT2D eigenvalue weighted by atomic mass is 15.2. The standard InChI is InChI=1S/C16H26N2/c1-13-6-5-7-14(2)18(13)12-16-9-4-3-8-15(16)10-11-17/h3-4,8-9,13-14H,5-7,10-12,17H2,1-2H3/t13-,14+. The summed E-state index contributed by atoms with van der Waals surface area (Å²) in [5, 5.41) is 0. The van der Waals surface area contributed by atoms with Crippen molar-refractivity contribution in [2.75, 3.05) is 6.54 Å². The number of likely N-dealkylation sites (tertiary alicyclic amines) is 1. The Morgan fingerprint density at radius 3 is 2.33 bits per heavy atom. The molecule has 2 N–H and O–H groups in total. The molecular formula is C16H26N2. The van der Waals surface area contributed by atoms with Crippen LogP contribution in [-0.2, 0) is 13.0 Å². The van der Waals surface area contributed by atoms with Gasteiger partial charge in [0.25, 0.3) is 0 Å². The van der Waals surface area contributed by atoms with Crippen molar-refractivity contribution in [3.8, 4) is 0 Å². The van der Waals surface area contributed by atoms with Crippen LogP contribution >= 0.6 is 0 Å².